The molecule has 1 aromatic carbocycles. The molecule has 2 N–H and O–H groups in total. The average Bonchev–Trinajstić information content (AvgIpc) is 2.73. The van der Waals surface area contributed by atoms with Gasteiger partial charge >= 0.3 is 4.87 Å². The van der Waals surface area contributed by atoms with E-state index in [0.717, 1.165) is 11.3 Å². The van der Waals surface area contributed by atoms with Crippen molar-refractivity contribution in [2.45, 2.75) is 24.8 Å². The van der Waals surface area contributed by atoms with Crippen LogP contribution in [0.3, 0.4) is 0 Å². The van der Waals surface area contributed by atoms with Crippen molar-refractivity contribution >= 4 is 37.5 Å². The summed E-state index contributed by atoms with van der Waals surface area (Å²) in [5.74, 6) is -0.392. The molecule has 0 spiro atoms. The van der Waals surface area contributed by atoms with E-state index >= 15 is 0 Å². The van der Waals surface area contributed by atoms with E-state index < -0.39 is 22.0 Å². The van der Waals surface area contributed by atoms with E-state index in [9.17, 15) is 18.0 Å². The lowest BCUT2D eigenvalue weighted by Gasteiger charge is -2.13. The quantitative estimate of drug-likeness (QED) is 0.821. The van der Waals surface area contributed by atoms with Crippen LogP contribution in [0.4, 0.5) is 0 Å². The number of rotatable bonds is 5. The van der Waals surface area contributed by atoms with Gasteiger partial charge in [-0.15, -0.1) is 0 Å². The smallest absolute Gasteiger partial charge is 0.307 e. The molecule has 120 valence electrons. The lowest BCUT2D eigenvalue weighted by molar-refractivity contribution is -0.122. The van der Waals surface area contributed by atoms with Gasteiger partial charge in [-0.05, 0) is 32.0 Å². The second-order valence-electron chi connectivity index (χ2n) is 4.79. The standard InChI is InChI=1S/C13H17N3O4S2/c1-4-14-12(17)8(2)15-22(19,20)9-5-6-10-11(7-9)21-13(18)16(10)3/h5-8,15H,4H2,1-3H3,(H,14,17)/t8-/m0/s1. The molecule has 1 amide bonds. The predicted octanol–water partition coefficient (Wildman–Crippen LogP) is 0.403. The minimum atomic E-state index is -3.83. The number of benzene rings is 1. The maximum atomic E-state index is 12.3. The Hall–Kier alpha value is -1.71. The molecule has 0 unspecified atom stereocenters. The van der Waals surface area contributed by atoms with E-state index in [-0.39, 0.29) is 9.77 Å². The zero-order valence-electron chi connectivity index (χ0n) is 12.4. The molecule has 0 fully saturated rings. The Labute approximate surface area is 132 Å². The number of carbonyl (C=O) groups excluding carboxylic acids is 1. The molecule has 9 heteroatoms. The van der Waals surface area contributed by atoms with Crippen LogP contribution in [-0.4, -0.2) is 31.5 Å². The second-order valence-corrected chi connectivity index (χ2v) is 7.50. The Morgan fingerprint density at radius 3 is 2.73 bits per heavy atom. The van der Waals surface area contributed by atoms with Crippen molar-refractivity contribution in [3.05, 3.63) is 27.9 Å². The minimum absolute atomic E-state index is 0.0259. The fourth-order valence-corrected chi connectivity index (χ4v) is 4.19. The highest BCUT2D eigenvalue weighted by atomic mass is 32.2. The molecule has 0 bridgehead atoms. The van der Waals surface area contributed by atoms with Crippen molar-refractivity contribution in [3.8, 4) is 0 Å². The molecule has 0 saturated carbocycles. The third kappa shape index (κ3) is 3.21. The summed E-state index contributed by atoms with van der Waals surface area (Å²) in [6, 6.07) is 3.56. The number of thiazole rings is 1. The molecular formula is C13H17N3O4S2. The summed E-state index contributed by atoms with van der Waals surface area (Å²) >= 11 is 0.978. The van der Waals surface area contributed by atoms with Gasteiger partial charge in [0.05, 0.1) is 21.2 Å². The maximum Gasteiger partial charge on any atom is 0.307 e. The summed E-state index contributed by atoms with van der Waals surface area (Å²) in [7, 11) is -2.20. The minimum Gasteiger partial charge on any atom is -0.355 e. The average molecular weight is 343 g/mol. The second kappa shape index (κ2) is 6.19. The topological polar surface area (TPSA) is 97.3 Å². The predicted molar refractivity (Wildman–Crippen MR) is 85.5 cm³/mol. The first kappa shape index (κ1) is 16.7. The number of aromatic nitrogens is 1. The highest BCUT2D eigenvalue weighted by molar-refractivity contribution is 7.89. The molecule has 7 nitrogen and oxygen atoms in total. The normalized spacial score (nSPS) is 13.2. The van der Waals surface area contributed by atoms with Crippen LogP contribution in [0.5, 0.6) is 0 Å². The van der Waals surface area contributed by atoms with E-state index in [0.29, 0.717) is 16.8 Å². The molecule has 1 aromatic heterocycles. The Morgan fingerprint density at radius 2 is 2.09 bits per heavy atom. The summed E-state index contributed by atoms with van der Waals surface area (Å²) in [5.41, 5.74) is 0.672. The van der Waals surface area contributed by atoms with E-state index in [4.69, 9.17) is 0 Å². The number of fused-ring (bicyclic) bond motifs is 1. The lowest BCUT2D eigenvalue weighted by Crippen LogP contribution is -2.44. The van der Waals surface area contributed by atoms with Crippen LogP contribution in [0, 0.1) is 0 Å². The number of likely N-dealkylation sites (N-methyl/N-ethyl adjacent to an activating group) is 1. The van der Waals surface area contributed by atoms with Crippen molar-refractivity contribution in [2.24, 2.45) is 7.05 Å². The molecule has 1 heterocycles. The van der Waals surface area contributed by atoms with Crippen molar-refractivity contribution < 1.29 is 13.2 Å². The molecule has 0 radical (unpaired) electrons. The number of nitrogens with one attached hydrogen (secondary N) is 2. The lowest BCUT2D eigenvalue weighted by atomic mass is 10.3. The number of hydrogen-bond donors (Lipinski definition) is 2. The van der Waals surface area contributed by atoms with Gasteiger partial charge in [-0.25, -0.2) is 8.42 Å². The first-order chi connectivity index (χ1) is 10.3. The third-order valence-electron chi connectivity index (χ3n) is 3.15. The first-order valence-electron chi connectivity index (χ1n) is 6.66. The summed E-state index contributed by atoms with van der Waals surface area (Å²) in [6.45, 7) is 3.65. The van der Waals surface area contributed by atoms with Crippen molar-refractivity contribution in [1.29, 1.82) is 0 Å². The van der Waals surface area contributed by atoms with E-state index in [2.05, 4.69) is 10.0 Å². The summed E-state index contributed by atoms with van der Waals surface area (Å²) in [6.07, 6.45) is 0. The SMILES string of the molecule is CCNC(=O)[C@H](C)NS(=O)(=O)c1ccc2c(c1)sc(=O)n2C. The summed E-state index contributed by atoms with van der Waals surface area (Å²) in [4.78, 5) is 23.1. The molecule has 0 aliphatic heterocycles. The molecule has 2 rings (SSSR count). The van der Waals surface area contributed by atoms with Crippen LogP contribution in [0.25, 0.3) is 10.2 Å². The number of carbonyl (C=O) groups is 1. The number of sulfonamides is 1. The van der Waals surface area contributed by atoms with Crippen LogP contribution < -0.4 is 14.9 Å². The Balaban J connectivity index is 2.33. The third-order valence-corrected chi connectivity index (χ3v) is 5.68. The largest absolute Gasteiger partial charge is 0.355 e. The number of aryl methyl sites for hydroxylation is 1. The zero-order valence-corrected chi connectivity index (χ0v) is 14.0. The van der Waals surface area contributed by atoms with Gasteiger partial charge in [0.1, 0.15) is 0 Å². The fraction of sp³-hybridized carbons (Fsp3) is 0.385. The highest BCUT2D eigenvalue weighted by Crippen LogP contribution is 2.21. The van der Waals surface area contributed by atoms with Gasteiger partial charge in [-0.3, -0.25) is 9.59 Å². The molecule has 2 aromatic rings. The van der Waals surface area contributed by atoms with Crippen molar-refractivity contribution in [3.63, 3.8) is 0 Å². The molecule has 0 aliphatic rings. The van der Waals surface area contributed by atoms with Crippen LogP contribution >= 0.6 is 11.3 Å². The zero-order chi connectivity index (χ0) is 16.5. The van der Waals surface area contributed by atoms with E-state index in [1.165, 1.54) is 23.6 Å². The van der Waals surface area contributed by atoms with Gasteiger partial charge in [-0.1, -0.05) is 11.3 Å². The summed E-state index contributed by atoms with van der Waals surface area (Å²) in [5, 5.41) is 2.55. The number of nitrogens with zero attached hydrogens (tertiary/aromatic N) is 1. The van der Waals surface area contributed by atoms with Gasteiger partial charge in [0.15, 0.2) is 0 Å². The molecule has 0 aliphatic carbocycles. The highest BCUT2D eigenvalue weighted by Gasteiger charge is 2.22. The molecule has 1 atom stereocenters. The number of hydrogen-bond acceptors (Lipinski definition) is 5. The Bertz CT molecular complexity index is 867. The number of amides is 1. The van der Waals surface area contributed by atoms with Crippen LogP contribution in [-0.2, 0) is 21.9 Å². The van der Waals surface area contributed by atoms with Gasteiger partial charge in [0.25, 0.3) is 0 Å². The van der Waals surface area contributed by atoms with Crippen LogP contribution in [0.1, 0.15) is 13.8 Å². The Morgan fingerprint density at radius 1 is 1.41 bits per heavy atom. The van der Waals surface area contributed by atoms with Gasteiger partial charge in [-0.2, -0.15) is 4.72 Å². The van der Waals surface area contributed by atoms with E-state index in [1.54, 1.807) is 20.0 Å². The van der Waals surface area contributed by atoms with Crippen LogP contribution in [0.2, 0.25) is 0 Å². The summed E-state index contributed by atoms with van der Waals surface area (Å²) < 4.78 is 29.0. The maximum absolute atomic E-state index is 12.3. The van der Waals surface area contributed by atoms with Gasteiger partial charge in [0.2, 0.25) is 15.9 Å². The molecular weight excluding hydrogens is 326 g/mol. The van der Waals surface area contributed by atoms with Gasteiger partial charge in [0, 0.05) is 13.6 Å². The fourth-order valence-electron chi connectivity index (χ4n) is 1.96. The van der Waals surface area contributed by atoms with E-state index in [1.807, 2.05) is 0 Å². The molecule has 0 saturated heterocycles. The van der Waals surface area contributed by atoms with Crippen molar-refractivity contribution in [2.75, 3.05) is 6.54 Å². The van der Waals surface area contributed by atoms with Gasteiger partial charge < -0.3 is 9.88 Å². The Kier molecular flexibility index (Phi) is 4.69. The molecule has 22 heavy (non-hydrogen) atoms. The first-order valence-corrected chi connectivity index (χ1v) is 8.96. The monoisotopic (exact) mass is 343 g/mol. The van der Waals surface area contributed by atoms with Crippen molar-refractivity contribution in [1.82, 2.24) is 14.6 Å². The van der Waals surface area contributed by atoms with Crippen LogP contribution in [0.15, 0.2) is 27.9 Å².